The molecule has 0 spiro atoms. The first-order valence-corrected chi connectivity index (χ1v) is 8.27. The van der Waals surface area contributed by atoms with E-state index in [1.165, 1.54) is 32.2 Å². The minimum atomic E-state index is -3.06. The second-order valence-corrected chi connectivity index (χ2v) is 5.52. The summed E-state index contributed by atoms with van der Waals surface area (Å²) < 4.78 is 39.7. The molecule has 0 bridgehead atoms. The number of hydrogen-bond acceptors (Lipinski definition) is 5. The summed E-state index contributed by atoms with van der Waals surface area (Å²) in [6, 6.07) is 13.2. The molecule has 1 atom stereocenters. The molecular weight excluding hydrogens is 372 g/mol. The number of para-hydroxylation sites is 2. The number of hydrogen-bond donors (Lipinski definition) is 1. The predicted octanol–water partition coefficient (Wildman–Crippen LogP) is 3.88. The highest BCUT2D eigenvalue weighted by Crippen LogP contribution is 2.33. The monoisotopic (exact) mass is 391 g/mol. The Morgan fingerprint density at radius 1 is 1.07 bits per heavy atom. The Bertz CT molecular complexity index is 840. The molecule has 0 aliphatic rings. The van der Waals surface area contributed by atoms with Gasteiger partial charge in [0.25, 0.3) is 5.91 Å². The average Bonchev–Trinajstić information content (AvgIpc) is 2.67. The lowest BCUT2D eigenvalue weighted by molar-refractivity contribution is -0.148. The van der Waals surface area contributed by atoms with E-state index in [9.17, 15) is 18.4 Å². The van der Waals surface area contributed by atoms with Crippen molar-refractivity contribution in [2.75, 3.05) is 12.4 Å². The van der Waals surface area contributed by atoms with E-state index in [1.54, 1.807) is 36.4 Å². The lowest BCUT2D eigenvalue weighted by Crippen LogP contribution is -2.29. The van der Waals surface area contributed by atoms with Crippen molar-refractivity contribution in [3.05, 3.63) is 60.2 Å². The molecule has 0 unspecified atom stereocenters. The van der Waals surface area contributed by atoms with Crippen LogP contribution in [0.2, 0.25) is 0 Å². The van der Waals surface area contributed by atoms with E-state index in [0.717, 1.165) is 6.08 Å². The first kappa shape index (κ1) is 20.9. The molecule has 0 saturated carbocycles. The smallest absolute Gasteiger partial charge is 0.387 e. The molecule has 1 amide bonds. The summed E-state index contributed by atoms with van der Waals surface area (Å²) in [5.41, 5.74) is 0.758. The minimum Gasteiger partial charge on any atom is -0.493 e. The molecule has 2 aromatic carbocycles. The molecule has 8 heteroatoms. The zero-order chi connectivity index (χ0) is 20.5. The quantitative estimate of drug-likeness (QED) is 0.546. The first-order chi connectivity index (χ1) is 13.4. The number of anilines is 1. The van der Waals surface area contributed by atoms with Crippen molar-refractivity contribution in [2.45, 2.75) is 19.6 Å². The fraction of sp³-hybridized carbons (Fsp3) is 0.200. The van der Waals surface area contributed by atoms with E-state index in [2.05, 4.69) is 10.1 Å². The van der Waals surface area contributed by atoms with E-state index >= 15 is 0 Å². The molecule has 2 rings (SSSR count). The van der Waals surface area contributed by atoms with Crippen molar-refractivity contribution in [1.29, 1.82) is 0 Å². The largest absolute Gasteiger partial charge is 0.493 e. The summed E-state index contributed by atoms with van der Waals surface area (Å²) in [6.45, 7) is -1.64. The fourth-order valence-corrected chi connectivity index (χ4v) is 2.23. The van der Waals surface area contributed by atoms with Gasteiger partial charge in [-0.1, -0.05) is 30.3 Å². The van der Waals surface area contributed by atoms with Crippen LogP contribution in [-0.4, -0.2) is 31.7 Å². The number of rotatable bonds is 8. The van der Waals surface area contributed by atoms with E-state index < -0.39 is 24.6 Å². The van der Waals surface area contributed by atoms with Crippen LogP contribution in [0.4, 0.5) is 14.5 Å². The number of benzene rings is 2. The van der Waals surface area contributed by atoms with Gasteiger partial charge in [0.05, 0.1) is 7.11 Å². The van der Waals surface area contributed by atoms with Crippen LogP contribution in [0.5, 0.6) is 11.5 Å². The maximum absolute atomic E-state index is 12.6. The topological polar surface area (TPSA) is 73.9 Å². The van der Waals surface area contributed by atoms with Gasteiger partial charge < -0.3 is 19.5 Å². The molecule has 0 aliphatic heterocycles. The van der Waals surface area contributed by atoms with Crippen molar-refractivity contribution >= 4 is 23.6 Å². The van der Waals surface area contributed by atoms with E-state index in [1.807, 2.05) is 0 Å². The van der Waals surface area contributed by atoms with Gasteiger partial charge in [-0.3, -0.25) is 4.79 Å². The van der Waals surface area contributed by atoms with Crippen LogP contribution < -0.4 is 14.8 Å². The van der Waals surface area contributed by atoms with Gasteiger partial charge in [0.15, 0.2) is 17.6 Å². The van der Waals surface area contributed by atoms with E-state index in [-0.39, 0.29) is 17.1 Å². The minimum absolute atomic E-state index is 0.0893. The number of carbonyl (C=O) groups is 2. The van der Waals surface area contributed by atoms with Crippen molar-refractivity contribution in [2.24, 2.45) is 0 Å². The van der Waals surface area contributed by atoms with Crippen molar-refractivity contribution < 1.29 is 32.6 Å². The van der Waals surface area contributed by atoms with Crippen LogP contribution in [0, 0.1) is 0 Å². The Morgan fingerprint density at radius 3 is 2.43 bits per heavy atom. The number of ether oxygens (including phenoxy) is 3. The lowest BCUT2D eigenvalue weighted by atomic mass is 10.1. The van der Waals surface area contributed by atoms with Gasteiger partial charge in [0, 0.05) is 17.3 Å². The molecule has 6 nitrogen and oxygen atoms in total. The summed E-state index contributed by atoms with van der Waals surface area (Å²) in [5.74, 6) is -1.44. The third kappa shape index (κ3) is 6.08. The second kappa shape index (κ2) is 10.1. The van der Waals surface area contributed by atoms with Gasteiger partial charge >= 0.3 is 12.6 Å². The van der Waals surface area contributed by atoms with E-state index in [4.69, 9.17) is 9.47 Å². The van der Waals surface area contributed by atoms with Gasteiger partial charge in [0.1, 0.15) is 0 Å². The van der Waals surface area contributed by atoms with Crippen LogP contribution in [0.3, 0.4) is 0 Å². The number of carbonyl (C=O) groups excluding carboxylic acids is 2. The van der Waals surface area contributed by atoms with Crippen LogP contribution in [-0.2, 0) is 14.3 Å². The Morgan fingerprint density at radius 2 is 1.79 bits per heavy atom. The molecule has 0 heterocycles. The highest BCUT2D eigenvalue weighted by atomic mass is 19.3. The van der Waals surface area contributed by atoms with Crippen LogP contribution >= 0.6 is 0 Å². The van der Waals surface area contributed by atoms with Gasteiger partial charge in [-0.15, -0.1) is 0 Å². The Labute approximate surface area is 160 Å². The van der Waals surface area contributed by atoms with Crippen LogP contribution in [0.15, 0.2) is 54.6 Å². The number of methoxy groups -OCH3 is 1. The molecule has 0 radical (unpaired) electrons. The third-order valence-electron chi connectivity index (χ3n) is 3.54. The SMILES string of the molecule is COc1cccc(/C=C/C(=O)O[C@@H](C)C(=O)Nc2ccccc2)c1OC(F)F. The molecule has 0 aliphatic carbocycles. The van der Waals surface area contributed by atoms with Gasteiger partial charge in [-0.2, -0.15) is 8.78 Å². The van der Waals surface area contributed by atoms with Crippen LogP contribution in [0.1, 0.15) is 12.5 Å². The van der Waals surface area contributed by atoms with Crippen LogP contribution in [0.25, 0.3) is 6.08 Å². The molecule has 0 fully saturated rings. The maximum Gasteiger partial charge on any atom is 0.387 e. The summed E-state index contributed by atoms with van der Waals surface area (Å²) in [7, 11) is 1.31. The maximum atomic E-state index is 12.6. The summed E-state index contributed by atoms with van der Waals surface area (Å²) in [6.07, 6.45) is 1.20. The van der Waals surface area contributed by atoms with Crippen molar-refractivity contribution in [3.63, 3.8) is 0 Å². The second-order valence-electron chi connectivity index (χ2n) is 5.52. The summed E-state index contributed by atoms with van der Waals surface area (Å²) >= 11 is 0. The standard InChI is InChI=1S/C20H19F2NO5/c1-13(19(25)23-15-8-4-3-5-9-15)27-17(24)12-11-14-7-6-10-16(26-2)18(14)28-20(21)22/h3-13,20H,1-2H3,(H,23,25)/b12-11+/t13-/m0/s1. The Hall–Kier alpha value is -3.42. The fourth-order valence-electron chi connectivity index (χ4n) is 2.23. The Balaban J connectivity index is 2.02. The highest BCUT2D eigenvalue weighted by molar-refractivity contribution is 5.96. The molecule has 1 N–H and O–H groups in total. The third-order valence-corrected chi connectivity index (χ3v) is 3.54. The van der Waals surface area contributed by atoms with Gasteiger partial charge in [0.2, 0.25) is 0 Å². The van der Waals surface area contributed by atoms with Gasteiger partial charge in [-0.05, 0) is 31.2 Å². The molecule has 2 aromatic rings. The highest BCUT2D eigenvalue weighted by Gasteiger charge is 2.17. The molecular formula is C20H19F2NO5. The molecule has 0 saturated heterocycles. The zero-order valence-corrected chi connectivity index (χ0v) is 15.2. The Kier molecular flexibility index (Phi) is 7.50. The summed E-state index contributed by atoms with van der Waals surface area (Å²) in [5, 5.41) is 2.61. The molecule has 28 heavy (non-hydrogen) atoms. The molecule has 0 aromatic heterocycles. The van der Waals surface area contributed by atoms with Crippen molar-refractivity contribution in [3.8, 4) is 11.5 Å². The lowest BCUT2D eigenvalue weighted by Gasteiger charge is -2.13. The number of alkyl halides is 2. The number of esters is 1. The van der Waals surface area contributed by atoms with Gasteiger partial charge in [-0.25, -0.2) is 4.79 Å². The normalized spacial score (nSPS) is 11.9. The van der Waals surface area contributed by atoms with E-state index in [0.29, 0.717) is 5.69 Å². The molecule has 148 valence electrons. The zero-order valence-electron chi connectivity index (χ0n) is 15.2. The number of amides is 1. The summed E-state index contributed by atoms with van der Waals surface area (Å²) in [4.78, 5) is 24.0. The van der Waals surface area contributed by atoms with Crippen molar-refractivity contribution in [1.82, 2.24) is 0 Å². The predicted molar refractivity (Wildman–Crippen MR) is 99.3 cm³/mol. The number of nitrogens with one attached hydrogen (secondary N) is 1. The average molecular weight is 391 g/mol. The first-order valence-electron chi connectivity index (χ1n) is 8.27. The number of halogens is 2.